The van der Waals surface area contributed by atoms with E-state index in [1.165, 1.54) is 4.90 Å². The van der Waals surface area contributed by atoms with Gasteiger partial charge in [0.25, 0.3) is 0 Å². The number of amides is 1. The van der Waals surface area contributed by atoms with Gasteiger partial charge in [-0.15, -0.1) is 12.8 Å². The van der Waals surface area contributed by atoms with Crippen LogP contribution in [0.15, 0.2) is 12.2 Å². The van der Waals surface area contributed by atoms with Crippen LogP contribution in [0.5, 0.6) is 0 Å². The molecular weight excluding hydrogens is 182 g/mol. The number of nitrogens with zero attached hydrogens (tertiary/aromatic N) is 1. The second-order valence-corrected chi connectivity index (χ2v) is 2.27. The van der Waals surface area contributed by atoms with Gasteiger partial charge in [0.2, 0.25) is 5.91 Å². The molecule has 0 heterocycles. The molecule has 0 aliphatic carbocycles. The van der Waals surface area contributed by atoms with Crippen LogP contribution in [0.3, 0.4) is 0 Å². The summed E-state index contributed by atoms with van der Waals surface area (Å²) in [6, 6.07) is 0. The lowest BCUT2D eigenvalue weighted by molar-refractivity contribution is -0.132. The number of hydrogen-bond donors (Lipinski definition) is 1. The van der Waals surface area contributed by atoms with Crippen molar-refractivity contribution >= 4 is 11.9 Å². The molecule has 0 rings (SSSR count). The fourth-order valence-corrected chi connectivity index (χ4v) is 0.680. The molecule has 0 unspecified atom stereocenters. The average molecular weight is 191 g/mol. The van der Waals surface area contributed by atoms with Crippen molar-refractivity contribution in [2.75, 3.05) is 13.1 Å². The van der Waals surface area contributed by atoms with Crippen molar-refractivity contribution in [3.63, 3.8) is 0 Å². The molecule has 1 N–H and O–H groups in total. The summed E-state index contributed by atoms with van der Waals surface area (Å²) in [6.07, 6.45) is 11.7. The summed E-state index contributed by atoms with van der Waals surface area (Å²) in [6.45, 7) is 0.125. The molecule has 0 saturated carbocycles. The van der Waals surface area contributed by atoms with Crippen molar-refractivity contribution in [2.24, 2.45) is 0 Å². The largest absolute Gasteiger partial charge is 0.478 e. The van der Waals surface area contributed by atoms with E-state index in [0.717, 1.165) is 12.2 Å². The van der Waals surface area contributed by atoms with E-state index in [1.54, 1.807) is 0 Å². The summed E-state index contributed by atoms with van der Waals surface area (Å²) >= 11 is 0. The number of terminal acetylenes is 2. The first-order chi connectivity index (χ1) is 6.61. The van der Waals surface area contributed by atoms with Crippen molar-refractivity contribution < 1.29 is 14.7 Å². The molecule has 1 amide bonds. The zero-order valence-corrected chi connectivity index (χ0v) is 7.43. The zero-order chi connectivity index (χ0) is 11.0. The number of aliphatic carboxylic acids is 1. The highest BCUT2D eigenvalue weighted by molar-refractivity contribution is 5.94. The van der Waals surface area contributed by atoms with Crippen molar-refractivity contribution in [1.29, 1.82) is 0 Å². The molecular formula is C10H9NO3. The number of hydrogen-bond acceptors (Lipinski definition) is 2. The SMILES string of the molecule is C#CCN(CC#C)C(=O)/C=C\C(=O)O. The van der Waals surface area contributed by atoms with E-state index in [9.17, 15) is 9.59 Å². The molecule has 0 aromatic rings. The van der Waals surface area contributed by atoms with Gasteiger partial charge in [-0.05, 0) is 0 Å². The maximum absolute atomic E-state index is 11.2. The number of carboxylic acids is 1. The van der Waals surface area contributed by atoms with Crippen LogP contribution in [0, 0.1) is 24.7 Å². The zero-order valence-electron chi connectivity index (χ0n) is 7.43. The Kier molecular flexibility index (Phi) is 5.34. The van der Waals surface area contributed by atoms with Crippen LogP contribution < -0.4 is 0 Å². The van der Waals surface area contributed by atoms with Gasteiger partial charge >= 0.3 is 5.97 Å². The van der Waals surface area contributed by atoms with E-state index in [2.05, 4.69) is 11.8 Å². The van der Waals surface area contributed by atoms with E-state index in [1.807, 2.05) is 0 Å². The molecule has 72 valence electrons. The van der Waals surface area contributed by atoms with Crippen LogP contribution in [-0.4, -0.2) is 35.0 Å². The Morgan fingerprint density at radius 1 is 1.21 bits per heavy atom. The minimum atomic E-state index is -1.19. The van der Waals surface area contributed by atoms with Crippen molar-refractivity contribution in [3.05, 3.63) is 12.2 Å². The fourth-order valence-electron chi connectivity index (χ4n) is 0.680. The number of carbonyl (C=O) groups is 2. The minimum Gasteiger partial charge on any atom is -0.478 e. The Labute approximate surface area is 82.2 Å². The van der Waals surface area contributed by atoms with Gasteiger partial charge in [-0.3, -0.25) is 4.79 Å². The van der Waals surface area contributed by atoms with Gasteiger partial charge < -0.3 is 10.0 Å². The van der Waals surface area contributed by atoms with Crippen LogP contribution in [0.2, 0.25) is 0 Å². The van der Waals surface area contributed by atoms with Crippen LogP contribution in [0.25, 0.3) is 0 Å². The lowest BCUT2D eigenvalue weighted by Gasteiger charge is -2.14. The molecule has 0 bridgehead atoms. The lowest BCUT2D eigenvalue weighted by Crippen LogP contribution is -2.30. The summed E-state index contributed by atoms with van der Waals surface area (Å²) in [5.74, 6) is 2.79. The summed E-state index contributed by atoms with van der Waals surface area (Å²) in [5.41, 5.74) is 0. The van der Waals surface area contributed by atoms with Gasteiger partial charge in [-0.1, -0.05) is 11.8 Å². The normalized spacial score (nSPS) is 9.00. The van der Waals surface area contributed by atoms with Gasteiger partial charge in [0.15, 0.2) is 0 Å². The number of carbonyl (C=O) groups excluding carboxylic acids is 1. The topological polar surface area (TPSA) is 57.6 Å². The van der Waals surface area contributed by atoms with E-state index >= 15 is 0 Å². The van der Waals surface area contributed by atoms with Crippen LogP contribution in [0.4, 0.5) is 0 Å². The molecule has 0 radical (unpaired) electrons. The second-order valence-electron chi connectivity index (χ2n) is 2.27. The summed E-state index contributed by atoms with van der Waals surface area (Å²) in [5, 5.41) is 8.27. The van der Waals surface area contributed by atoms with E-state index in [-0.39, 0.29) is 13.1 Å². The Hall–Kier alpha value is -2.20. The molecule has 0 atom stereocenters. The van der Waals surface area contributed by atoms with E-state index in [4.69, 9.17) is 18.0 Å². The molecule has 0 aromatic carbocycles. The van der Waals surface area contributed by atoms with Gasteiger partial charge in [0.05, 0.1) is 13.1 Å². The minimum absolute atomic E-state index is 0.0625. The summed E-state index contributed by atoms with van der Waals surface area (Å²) in [4.78, 5) is 22.5. The van der Waals surface area contributed by atoms with Crippen LogP contribution >= 0.6 is 0 Å². The molecule has 0 fully saturated rings. The van der Waals surface area contributed by atoms with Gasteiger partial charge in [0, 0.05) is 12.2 Å². The lowest BCUT2D eigenvalue weighted by atomic mass is 10.4. The highest BCUT2D eigenvalue weighted by Gasteiger charge is 2.07. The molecule has 4 heteroatoms. The Balaban J connectivity index is 4.39. The first kappa shape index (κ1) is 11.8. The van der Waals surface area contributed by atoms with Crippen molar-refractivity contribution in [3.8, 4) is 24.7 Å². The van der Waals surface area contributed by atoms with Gasteiger partial charge in [-0.25, -0.2) is 4.79 Å². The molecule has 0 spiro atoms. The summed E-state index contributed by atoms with van der Waals surface area (Å²) < 4.78 is 0. The third-order valence-electron chi connectivity index (χ3n) is 1.24. The molecule has 0 aromatic heterocycles. The second kappa shape index (κ2) is 6.33. The first-order valence-corrected chi connectivity index (χ1v) is 3.68. The van der Waals surface area contributed by atoms with Crippen molar-refractivity contribution in [1.82, 2.24) is 4.90 Å². The number of rotatable bonds is 4. The monoisotopic (exact) mass is 191 g/mol. The fraction of sp³-hybridized carbons (Fsp3) is 0.200. The first-order valence-electron chi connectivity index (χ1n) is 3.68. The molecule has 0 aliphatic heterocycles. The van der Waals surface area contributed by atoms with E-state index < -0.39 is 11.9 Å². The highest BCUT2D eigenvalue weighted by atomic mass is 16.4. The molecule has 0 aliphatic rings. The van der Waals surface area contributed by atoms with Crippen LogP contribution in [0.1, 0.15) is 0 Å². The standard InChI is InChI=1S/C10H9NO3/c1-3-7-11(8-4-2)9(12)5-6-10(13)14/h1-2,5-6H,7-8H2,(H,13,14)/b6-5-. The third-order valence-corrected chi connectivity index (χ3v) is 1.24. The maximum atomic E-state index is 11.2. The Morgan fingerprint density at radius 2 is 1.71 bits per heavy atom. The summed E-state index contributed by atoms with van der Waals surface area (Å²) in [7, 11) is 0. The van der Waals surface area contributed by atoms with Crippen molar-refractivity contribution in [2.45, 2.75) is 0 Å². The van der Waals surface area contributed by atoms with Crippen LogP contribution in [-0.2, 0) is 9.59 Å². The average Bonchev–Trinajstić information content (AvgIpc) is 2.14. The van der Waals surface area contributed by atoms with E-state index in [0.29, 0.717) is 0 Å². The van der Waals surface area contributed by atoms with Gasteiger partial charge in [-0.2, -0.15) is 0 Å². The maximum Gasteiger partial charge on any atom is 0.328 e. The van der Waals surface area contributed by atoms with Gasteiger partial charge in [0.1, 0.15) is 0 Å². The predicted octanol–water partition coefficient (Wildman–Crippen LogP) is -0.278. The molecule has 4 nitrogen and oxygen atoms in total. The molecule has 14 heavy (non-hydrogen) atoms. The Morgan fingerprint density at radius 3 is 2.07 bits per heavy atom. The number of carboxylic acid groups (broad SMARTS) is 1. The third kappa shape index (κ3) is 4.63. The highest BCUT2D eigenvalue weighted by Crippen LogP contribution is 1.90. The predicted molar refractivity (Wildman–Crippen MR) is 51.0 cm³/mol. The quantitative estimate of drug-likeness (QED) is 0.491. The Bertz CT molecular complexity index is 314. The smallest absolute Gasteiger partial charge is 0.328 e. The molecule has 0 saturated heterocycles.